The second kappa shape index (κ2) is 7.00. The number of alkyl halides is 1. The van der Waals surface area contributed by atoms with Crippen molar-refractivity contribution >= 4 is 11.6 Å². The zero-order valence-electron chi connectivity index (χ0n) is 10.1. The maximum Gasteiger partial charge on any atom is 0.0588 e. The second-order valence-electron chi connectivity index (χ2n) is 4.55. The third kappa shape index (κ3) is 4.30. The van der Waals surface area contributed by atoms with Gasteiger partial charge in [-0.05, 0) is 36.9 Å². The van der Waals surface area contributed by atoms with Crippen molar-refractivity contribution < 1.29 is 4.74 Å². The van der Waals surface area contributed by atoms with E-state index in [1.54, 1.807) is 0 Å². The van der Waals surface area contributed by atoms with Gasteiger partial charge in [0.05, 0.1) is 6.10 Å². The molecule has 1 aromatic carbocycles. The van der Waals surface area contributed by atoms with Crippen molar-refractivity contribution in [3.05, 3.63) is 35.4 Å². The van der Waals surface area contributed by atoms with Crippen LogP contribution in [0.25, 0.3) is 0 Å². The fourth-order valence-electron chi connectivity index (χ4n) is 2.11. The van der Waals surface area contributed by atoms with Gasteiger partial charge in [0.15, 0.2) is 0 Å². The minimum atomic E-state index is 0.487. The van der Waals surface area contributed by atoms with E-state index in [2.05, 4.69) is 29.6 Å². The van der Waals surface area contributed by atoms with Gasteiger partial charge >= 0.3 is 0 Å². The zero-order chi connectivity index (χ0) is 11.9. The molecule has 1 saturated heterocycles. The van der Waals surface area contributed by atoms with Crippen LogP contribution in [-0.4, -0.2) is 19.3 Å². The minimum Gasteiger partial charge on any atom is -0.378 e. The first-order valence-electron chi connectivity index (χ1n) is 6.34. The maximum absolute atomic E-state index is 5.75. The first kappa shape index (κ1) is 12.9. The Bertz CT molecular complexity index is 319. The summed E-state index contributed by atoms with van der Waals surface area (Å²) in [5.74, 6) is 0.590. The van der Waals surface area contributed by atoms with Crippen molar-refractivity contribution in [3.63, 3.8) is 0 Å². The van der Waals surface area contributed by atoms with Crippen molar-refractivity contribution in [2.45, 2.75) is 37.8 Å². The maximum atomic E-state index is 5.75. The van der Waals surface area contributed by atoms with Gasteiger partial charge in [-0.15, -0.1) is 11.6 Å². The molecule has 94 valence electrons. The lowest BCUT2D eigenvalue weighted by molar-refractivity contribution is 0.104. The van der Waals surface area contributed by atoms with E-state index in [1.165, 1.54) is 24.0 Å². The first-order valence-corrected chi connectivity index (χ1v) is 6.88. The van der Waals surface area contributed by atoms with E-state index in [4.69, 9.17) is 16.3 Å². The van der Waals surface area contributed by atoms with Crippen LogP contribution < -0.4 is 5.32 Å². The molecule has 1 aliphatic rings. The molecule has 1 unspecified atom stereocenters. The van der Waals surface area contributed by atoms with Crippen molar-refractivity contribution in [1.82, 2.24) is 5.32 Å². The summed E-state index contributed by atoms with van der Waals surface area (Å²) in [4.78, 5) is 0. The Labute approximate surface area is 108 Å². The van der Waals surface area contributed by atoms with Gasteiger partial charge in [0.2, 0.25) is 0 Å². The standard InChI is InChI=1S/C14H20ClNO/c15-10-12-3-5-13(6-4-12)11-16-8-7-14-2-1-9-17-14/h3-6,14,16H,1-2,7-11H2. The number of hydrogen-bond donors (Lipinski definition) is 1. The molecule has 3 heteroatoms. The predicted octanol–water partition coefficient (Wildman–Crippen LogP) is 3.08. The molecule has 0 aromatic heterocycles. The first-order chi connectivity index (χ1) is 8.38. The van der Waals surface area contributed by atoms with E-state index < -0.39 is 0 Å². The van der Waals surface area contributed by atoms with Crippen LogP contribution in [0.4, 0.5) is 0 Å². The van der Waals surface area contributed by atoms with Crippen LogP contribution in [0.5, 0.6) is 0 Å². The highest BCUT2D eigenvalue weighted by atomic mass is 35.5. The molecule has 0 bridgehead atoms. The average Bonchev–Trinajstić information content (AvgIpc) is 2.88. The molecule has 0 amide bonds. The van der Waals surface area contributed by atoms with Crippen molar-refractivity contribution in [1.29, 1.82) is 0 Å². The lowest BCUT2D eigenvalue weighted by Crippen LogP contribution is -2.19. The summed E-state index contributed by atoms with van der Waals surface area (Å²) >= 11 is 5.75. The molecule has 0 saturated carbocycles. The van der Waals surface area contributed by atoms with Gasteiger partial charge in [0.1, 0.15) is 0 Å². The van der Waals surface area contributed by atoms with Crippen LogP contribution >= 0.6 is 11.6 Å². The number of nitrogens with one attached hydrogen (secondary N) is 1. The molecule has 1 fully saturated rings. The highest BCUT2D eigenvalue weighted by Gasteiger charge is 2.14. The van der Waals surface area contributed by atoms with Crippen molar-refractivity contribution in [3.8, 4) is 0 Å². The van der Waals surface area contributed by atoms with Crippen LogP contribution in [0.2, 0.25) is 0 Å². The molecule has 1 atom stereocenters. The van der Waals surface area contributed by atoms with Crippen molar-refractivity contribution in [2.24, 2.45) is 0 Å². The molecule has 1 heterocycles. The van der Waals surface area contributed by atoms with E-state index in [1.807, 2.05) is 0 Å². The molecule has 2 rings (SSSR count). The van der Waals surface area contributed by atoms with Crippen LogP contribution in [0.1, 0.15) is 30.4 Å². The molecule has 0 spiro atoms. The number of ether oxygens (including phenoxy) is 1. The average molecular weight is 254 g/mol. The Morgan fingerprint density at radius 1 is 1.24 bits per heavy atom. The van der Waals surface area contributed by atoms with Gasteiger partial charge in [-0.3, -0.25) is 0 Å². The zero-order valence-corrected chi connectivity index (χ0v) is 10.9. The summed E-state index contributed by atoms with van der Waals surface area (Å²) in [6.07, 6.45) is 4.07. The summed E-state index contributed by atoms with van der Waals surface area (Å²) in [5.41, 5.74) is 2.49. The summed E-state index contributed by atoms with van der Waals surface area (Å²) < 4.78 is 5.58. The SMILES string of the molecule is ClCc1ccc(CNCCC2CCCO2)cc1. The minimum absolute atomic E-state index is 0.487. The Hall–Kier alpha value is -0.570. The number of benzene rings is 1. The third-order valence-corrected chi connectivity index (χ3v) is 3.48. The predicted molar refractivity (Wildman–Crippen MR) is 71.3 cm³/mol. The third-order valence-electron chi connectivity index (χ3n) is 3.17. The Balaban J connectivity index is 1.63. The molecule has 2 nitrogen and oxygen atoms in total. The van der Waals surface area contributed by atoms with E-state index in [0.29, 0.717) is 12.0 Å². The van der Waals surface area contributed by atoms with Crippen LogP contribution in [0.3, 0.4) is 0 Å². The van der Waals surface area contributed by atoms with Gasteiger partial charge < -0.3 is 10.1 Å². The number of rotatable bonds is 6. The quantitative estimate of drug-likeness (QED) is 0.622. The topological polar surface area (TPSA) is 21.3 Å². The summed E-state index contributed by atoms with van der Waals surface area (Å²) in [7, 11) is 0. The molecular weight excluding hydrogens is 234 g/mol. The Morgan fingerprint density at radius 2 is 2.00 bits per heavy atom. The van der Waals surface area contributed by atoms with Crippen LogP contribution in [0, 0.1) is 0 Å². The van der Waals surface area contributed by atoms with Gasteiger partial charge in [0, 0.05) is 19.0 Å². The van der Waals surface area contributed by atoms with Crippen LogP contribution in [-0.2, 0) is 17.2 Å². The Morgan fingerprint density at radius 3 is 2.65 bits per heavy atom. The lowest BCUT2D eigenvalue weighted by atomic mass is 10.1. The highest BCUT2D eigenvalue weighted by molar-refractivity contribution is 6.17. The molecule has 1 aromatic rings. The molecule has 17 heavy (non-hydrogen) atoms. The largest absolute Gasteiger partial charge is 0.378 e. The lowest BCUT2D eigenvalue weighted by Gasteiger charge is -2.10. The second-order valence-corrected chi connectivity index (χ2v) is 4.82. The monoisotopic (exact) mass is 253 g/mol. The highest BCUT2D eigenvalue weighted by Crippen LogP contribution is 2.14. The smallest absolute Gasteiger partial charge is 0.0588 e. The molecule has 0 aliphatic carbocycles. The summed E-state index contributed by atoms with van der Waals surface area (Å²) in [5, 5.41) is 3.45. The van der Waals surface area contributed by atoms with Gasteiger partial charge in [-0.25, -0.2) is 0 Å². The number of hydrogen-bond acceptors (Lipinski definition) is 2. The summed E-state index contributed by atoms with van der Waals surface area (Å²) in [6.45, 7) is 2.90. The van der Waals surface area contributed by atoms with E-state index in [0.717, 1.165) is 26.1 Å². The normalized spacial score (nSPS) is 19.7. The van der Waals surface area contributed by atoms with Gasteiger partial charge in [-0.1, -0.05) is 24.3 Å². The Kier molecular flexibility index (Phi) is 5.30. The van der Waals surface area contributed by atoms with Crippen molar-refractivity contribution in [2.75, 3.05) is 13.2 Å². The fraction of sp³-hybridized carbons (Fsp3) is 0.571. The van der Waals surface area contributed by atoms with Crippen LogP contribution in [0.15, 0.2) is 24.3 Å². The van der Waals surface area contributed by atoms with E-state index >= 15 is 0 Å². The molecule has 0 radical (unpaired) electrons. The van der Waals surface area contributed by atoms with Gasteiger partial charge in [-0.2, -0.15) is 0 Å². The molecule has 1 aliphatic heterocycles. The summed E-state index contributed by atoms with van der Waals surface area (Å²) in [6, 6.07) is 8.45. The number of halogens is 1. The fourth-order valence-corrected chi connectivity index (χ4v) is 2.29. The molecule has 1 N–H and O–H groups in total. The van der Waals surface area contributed by atoms with Gasteiger partial charge in [0.25, 0.3) is 0 Å². The van der Waals surface area contributed by atoms with E-state index in [9.17, 15) is 0 Å². The molecular formula is C14H20ClNO. The van der Waals surface area contributed by atoms with E-state index in [-0.39, 0.29) is 0 Å².